The van der Waals surface area contributed by atoms with E-state index in [1.807, 2.05) is 0 Å². The number of anilines is 1. The van der Waals surface area contributed by atoms with Crippen molar-refractivity contribution in [1.29, 1.82) is 0 Å². The Hall–Kier alpha value is -1.89. The molecule has 4 fully saturated rings. The molecule has 0 radical (unpaired) electrons. The topological polar surface area (TPSA) is 87.6 Å². The lowest BCUT2D eigenvalue weighted by molar-refractivity contribution is -0.125. The van der Waals surface area contributed by atoms with Gasteiger partial charge in [-0.3, -0.25) is 4.79 Å². The van der Waals surface area contributed by atoms with Crippen LogP contribution in [0.2, 0.25) is 0 Å². The molecule has 1 aromatic rings. The Morgan fingerprint density at radius 1 is 1.17 bits per heavy atom. The maximum Gasteiger partial charge on any atom is 0.286 e. The van der Waals surface area contributed by atoms with Gasteiger partial charge in [-0.2, -0.15) is 8.42 Å². The van der Waals surface area contributed by atoms with Crippen molar-refractivity contribution in [2.45, 2.75) is 69.2 Å². The van der Waals surface area contributed by atoms with E-state index in [1.54, 1.807) is 18.2 Å². The van der Waals surface area contributed by atoms with Crippen LogP contribution in [0.4, 0.5) is 5.69 Å². The number of sulfonamides is 1. The zero-order chi connectivity index (χ0) is 20.2. The van der Waals surface area contributed by atoms with Gasteiger partial charge in [0.25, 0.3) is 10.0 Å². The fraction of sp³-hybridized carbons (Fsp3) is 0.636. The quantitative estimate of drug-likeness (QED) is 0.768. The molecule has 4 saturated carbocycles. The molecule has 1 atom stereocenters. The second-order valence-corrected chi connectivity index (χ2v) is 11.3. The first-order valence-electron chi connectivity index (χ1n) is 10.8. The molecule has 1 heterocycles. The molecule has 2 N–H and O–H groups in total. The van der Waals surface area contributed by atoms with Crippen LogP contribution >= 0.6 is 0 Å². The molecule has 156 valence electrons. The Balaban J connectivity index is 1.21. The van der Waals surface area contributed by atoms with E-state index in [2.05, 4.69) is 22.0 Å². The van der Waals surface area contributed by atoms with Crippen LogP contribution in [0.5, 0.6) is 0 Å². The lowest BCUT2D eigenvalue weighted by Gasteiger charge is -2.59. The molecule has 4 bridgehead atoms. The highest BCUT2D eigenvalue weighted by atomic mass is 32.2. The van der Waals surface area contributed by atoms with Crippen LogP contribution in [-0.4, -0.2) is 26.2 Å². The van der Waals surface area contributed by atoms with Gasteiger partial charge < -0.3 is 10.6 Å². The SMILES string of the molecule is C[C@@H](NC(=O)CCC1=NS(=O)(=O)c2ccccc2N1)C12CC3CC(CC(C3)C1)C2. The van der Waals surface area contributed by atoms with E-state index in [0.717, 1.165) is 17.8 Å². The van der Waals surface area contributed by atoms with Crippen molar-refractivity contribution < 1.29 is 13.2 Å². The normalized spacial score (nSPS) is 34.7. The summed E-state index contributed by atoms with van der Waals surface area (Å²) in [6, 6.07) is 6.89. The predicted octanol–water partition coefficient (Wildman–Crippen LogP) is 3.70. The minimum Gasteiger partial charge on any atom is -0.353 e. The summed E-state index contributed by atoms with van der Waals surface area (Å²) >= 11 is 0. The Kier molecular flexibility index (Phi) is 4.49. The number of benzene rings is 1. The van der Waals surface area contributed by atoms with Crippen molar-refractivity contribution in [2.24, 2.45) is 27.6 Å². The Morgan fingerprint density at radius 3 is 2.45 bits per heavy atom. The number of amides is 1. The maximum atomic E-state index is 12.7. The molecule has 1 aliphatic heterocycles. The fourth-order valence-corrected chi connectivity index (χ4v) is 7.86. The summed E-state index contributed by atoms with van der Waals surface area (Å²) in [4.78, 5) is 12.8. The number of hydrogen-bond donors (Lipinski definition) is 2. The number of carbonyl (C=O) groups is 1. The van der Waals surface area contributed by atoms with Crippen LogP contribution in [-0.2, 0) is 14.8 Å². The number of carbonyl (C=O) groups excluding carboxylic acids is 1. The highest BCUT2D eigenvalue weighted by Gasteiger charge is 2.53. The largest absolute Gasteiger partial charge is 0.353 e. The van der Waals surface area contributed by atoms with E-state index in [0.29, 0.717) is 11.5 Å². The summed E-state index contributed by atoms with van der Waals surface area (Å²) in [5, 5.41) is 6.31. The average Bonchev–Trinajstić information content (AvgIpc) is 2.65. The van der Waals surface area contributed by atoms with Crippen LogP contribution in [0.15, 0.2) is 33.6 Å². The molecule has 0 aromatic heterocycles. The number of hydrogen-bond acceptors (Lipinski definition) is 4. The maximum absolute atomic E-state index is 12.7. The van der Waals surface area contributed by atoms with Gasteiger partial charge in [0.1, 0.15) is 10.7 Å². The minimum absolute atomic E-state index is 0.0194. The van der Waals surface area contributed by atoms with Crippen LogP contribution in [0.25, 0.3) is 0 Å². The summed E-state index contributed by atoms with van der Waals surface area (Å²) in [6.45, 7) is 2.17. The van der Waals surface area contributed by atoms with E-state index in [4.69, 9.17) is 0 Å². The molecule has 0 spiro atoms. The molecule has 0 unspecified atom stereocenters. The lowest BCUT2D eigenvalue weighted by atomic mass is 9.48. The molecule has 29 heavy (non-hydrogen) atoms. The average molecular weight is 416 g/mol. The van der Waals surface area contributed by atoms with Gasteiger partial charge in [0, 0.05) is 18.9 Å². The molecular weight excluding hydrogens is 386 g/mol. The zero-order valence-corrected chi connectivity index (χ0v) is 17.7. The molecule has 1 aromatic carbocycles. The standard InChI is InChI=1S/C22H29N3O3S/c1-14(22-11-15-8-16(12-22)10-17(9-15)13-22)23-21(26)7-6-20-24-18-4-2-3-5-19(18)29(27,28)25-20/h2-5,14-17H,6-13H2,1H3,(H,23,26)(H,24,25)/t14-,15?,16?,17?,22?/m1/s1. The first-order chi connectivity index (χ1) is 13.8. The number of amidine groups is 1. The third-order valence-corrected chi connectivity index (χ3v) is 9.02. The van der Waals surface area contributed by atoms with Crippen molar-refractivity contribution in [1.82, 2.24) is 5.32 Å². The molecule has 7 heteroatoms. The van der Waals surface area contributed by atoms with Crippen molar-refractivity contribution in [2.75, 3.05) is 5.32 Å². The Morgan fingerprint density at radius 2 is 1.79 bits per heavy atom. The van der Waals surface area contributed by atoms with Crippen molar-refractivity contribution in [3.05, 3.63) is 24.3 Å². The van der Waals surface area contributed by atoms with Crippen LogP contribution in [0.3, 0.4) is 0 Å². The summed E-state index contributed by atoms with van der Waals surface area (Å²) < 4.78 is 28.5. The van der Waals surface area contributed by atoms with Crippen LogP contribution < -0.4 is 10.6 Å². The number of rotatable bonds is 5. The highest BCUT2D eigenvalue weighted by molar-refractivity contribution is 7.90. The Bertz CT molecular complexity index is 934. The number of fused-ring (bicyclic) bond motifs is 1. The van der Waals surface area contributed by atoms with E-state index < -0.39 is 10.0 Å². The molecule has 6 nitrogen and oxygen atoms in total. The first kappa shape index (κ1) is 19.1. The van der Waals surface area contributed by atoms with Crippen molar-refractivity contribution in [3.8, 4) is 0 Å². The second kappa shape index (κ2) is 6.83. The molecular formula is C22H29N3O3S. The Labute approximate surface area is 172 Å². The second-order valence-electron chi connectivity index (χ2n) is 9.70. The van der Waals surface area contributed by atoms with E-state index in [9.17, 15) is 13.2 Å². The highest BCUT2D eigenvalue weighted by Crippen LogP contribution is 2.61. The van der Waals surface area contributed by atoms with Gasteiger partial charge in [-0.15, -0.1) is 4.40 Å². The van der Waals surface area contributed by atoms with Gasteiger partial charge in [0.2, 0.25) is 5.91 Å². The van der Waals surface area contributed by atoms with Gasteiger partial charge in [-0.1, -0.05) is 12.1 Å². The number of para-hydroxylation sites is 1. The lowest BCUT2D eigenvalue weighted by Crippen LogP contribution is -2.55. The molecule has 0 saturated heterocycles. The van der Waals surface area contributed by atoms with Crippen LogP contribution in [0.1, 0.15) is 58.3 Å². The third-order valence-electron chi connectivity index (χ3n) is 7.64. The van der Waals surface area contributed by atoms with Crippen molar-refractivity contribution >= 4 is 27.5 Å². The van der Waals surface area contributed by atoms with Gasteiger partial charge in [-0.25, -0.2) is 0 Å². The molecule has 6 rings (SSSR count). The molecule has 5 aliphatic rings. The zero-order valence-electron chi connectivity index (χ0n) is 16.9. The summed E-state index contributed by atoms with van der Waals surface area (Å²) in [5.41, 5.74) is 0.799. The summed E-state index contributed by atoms with van der Waals surface area (Å²) in [5.74, 6) is 2.88. The van der Waals surface area contributed by atoms with Gasteiger partial charge in [0.05, 0.1) is 5.69 Å². The van der Waals surface area contributed by atoms with Gasteiger partial charge >= 0.3 is 0 Å². The van der Waals surface area contributed by atoms with Crippen LogP contribution in [0, 0.1) is 23.2 Å². The first-order valence-corrected chi connectivity index (χ1v) is 12.3. The monoisotopic (exact) mass is 415 g/mol. The third kappa shape index (κ3) is 3.47. The predicted molar refractivity (Wildman–Crippen MR) is 112 cm³/mol. The fourth-order valence-electron chi connectivity index (χ4n) is 6.68. The van der Waals surface area contributed by atoms with Crippen molar-refractivity contribution in [3.63, 3.8) is 0 Å². The van der Waals surface area contributed by atoms with Gasteiger partial charge in [-0.05, 0) is 80.8 Å². The van der Waals surface area contributed by atoms with E-state index in [1.165, 1.54) is 44.6 Å². The smallest absolute Gasteiger partial charge is 0.286 e. The summed E-state index contributed by atoms with van der Waals surface area (Å²) in [7, 11) is -3.70. The minimum atomic E-state index is -3.70. The van der Waals surface area contributed by atoms with E-state index in [-0.39, 0.29) is 35.1 Å². The molecule has 4 aliphatic carbocycles. The number of nitrogens with zero attached hydrogens (tertiary/aromatic N) is 1. The summed E-state index contributed by atoms with van der Waals surface area (Å²) in [6.07, 6.45) is 8.45. The van der Waals surface area contributed by atoms with Gasteiger partial charge in [0.15, 0.2) is 0 Å². The number of nitrogens with one attached hydrogen (secondary N) is 2. The molecule has 1 amide bonds. The van der Waals surface area contributed by atoms with E-state index >= 15 is 0 Å².